The van der Waals surface area contributed by atoms with Crippen LogP contribution in [0.2, 0.25) is 0 Å². The summed E-state index contributed by atoms with van der Waals surface area (Å²) in [4.78, 5) is 111. The van der Waals surface area contributed by atoms with Gasteiger partial charge in [0.05, 0.1) is 0 Å². The Morgan fingerprint density at radius 1 is 0.293 bits per heavy atom. The summed E-state index contributed by atoms with van der Waals surface area (Å²) >= 11 is 0. The minimum Gasteiger partial charge on any atom is -0.810 e. The van der Waals surface area contributed by atoms with Gasteiger partial charge in [-0.2, -0.15) is 0 Å². The molecule has 266 valence electrons. The minimum atomic E-state index is -5.37. The summed E-state index contributed by atoms with van der Waals surface area (Å²) in [7, 11) is -26.8. The summed E-state index contributed by atoms with van der Waals surface area (Å²) < 4.78 is 54.6. The van der Waals surface area contributed by atoms with E-state index in [1.165, 1.54) is 0 Å². The maximum absolute atomic E-state index is 11.1. The first kappa shape index (κ1) is 68.4. The molecule has 0 atom stereocenters. The minimum absolute atomic E-state index is 0. The second kappa shape index (κ2) is 26.7. The van der Waals surface area contributed by atoms with Crippen molar-refractivity contribution in [3.8, 4) is 0 Å². The van der Waals surface area contributed by atoms with Crippen molar-refractivity contribution < 1.29 is 71.8 Å². The quantitative estimate of drug-likeness (QED) is 0.0670. The highest BCUT2D eigenvalue weighted by Crippen LogP contribution is 2.32. The van der Waals surface area contributed by atoms with Gasteiger partial charge in [0, 0.05) is 57.6 Å². The van der Waals surface area contributed by atoms with Crippen LogP contribution in [0, 0.1) is 0 Å². The van der Waals surface area contributed by atoms with E-state index in [0.29, 0.717) is 14.7 Å². The number of nitrogens with zero attached hydrogens (tertiary/aromatic N) is 3. The van der Waals surface area contributed by atoms with Gasteiger partial charge in [-0.1, -0.05) is 38.0 Å². The highest BCUT2D eigenvalue weighted by Gasteiger charge is 2.16. The Hall–Kier alpha value is 0.270. The number of rotatable bonds is 16. The van der Waals surface area contributed by atoms with Crippen molar-refractivity contribution in [2.24, 2.45) is 0 Å². The zero-order chi connectivity index (χ0) is 25.6. The molecule has 0 spiro atoms. The van der Waals surface area contributed by atoms with Gasteiger partial charge in [-0.25, -0.2) is 0 Å². The highest BCUT2D eigenvalue weighted by molar-refractivity contribution is 7.50. The average Bonchev–Trinajstić information content (AvgIpc) is 2.41. The summed E-state index contributed by atoms with van der Waals surface area (Å²) in [5.41, 5.74) is 0. The molecule has 0 radical (unpaired) electrons. The molecule has 32 heteroatoms. The molecule has 41 heavy (non-hydrogen) atoms. The van der Waals surface area contributed by atoms with E-state index in [1.807, 2.05) is 0 Å². The van der Waals surface area contributed by atoms with Crippen LogP contribution in [0.25, 0.3) is 0 Å². The molecule has 0 aromatic heterocycles. The van der Waals surface area contributed by atoms with Gasteiger partial charge in [0.15, 0.2) is 0 Å². The Labute approximate surface area is 237 Å². The fourth-order valence-corrected chi connectivity index (χ4v) is 6.43. The molecule has 0 bridgehead atoms. The van der Waals surface area contributed by atoms with Crippen molar-refractivity contribution in [1.29, 1.82) is 0 Å². The maximum atomic E-state index is 11.1. The lowest BCUT2D eigenvalue weighted by Gasteiger charge is -2.43. The summed E-state index contributed by atoms with van der Waals surface area (Å²) in [5.74, 6) is 0. The molecule has 0 aliphatic heterocycles. The van der Waals surface area contributed by atoms with E-state index < -0.39 is 95.6 Å². The van der Waals surface area contributed by atoms with E-state index in [4.69, 9.17) is 0 Å². The van der Waals surface area contributed by atoms with Crippen LogP contribution < -0.4 is 104 Å². The molecular formula is C9H54N12O15P5-. The van der Waals surface area contributed by atoms with Gasteiger partial charge >= 0.3 is 0 Å². The molecule has 0 heterocycles. The third-order valence-electron chi connectivity index (χ3n) is 3.33. The van der Waals surface area contributed by atoms with Gasteiger partial charge in [0.2, 0.25) is 0 Å². The molecule has 0 rings (SSSR count). The van der Waals surface area contributed by atoms with Gasteiger partial charge in [0.25, 0.3) is 0 Å². The molecule has 0 saturated carbocycles. The Bertz CT molecular complexity index is 742. The van der Waals surface area contributed by atoms with Gasteiger partial charge in [0.1, 0.15) is 0 Å². The van der Waals surface area contributed by atoms with Crippen LogP contribution in [0.5, 0.6) is 0 Å². The largest absolute Gasteiger partial charge is 0.810 e. The molecule has 0 aliphatic rings. The lowest BCUT2D eigenvalue weighted by Crippen LogP contribution is -2.45. The first-order chi connectivity index (χ1) is 13.9. The molecule has 0 aromatic rings. The van der Waals surface area contributed by atoms with Crippen LogP contribution in [0.4, 0.5) is 0 Å². The Morgan fingerprint density at radius 2 is 0.415 bits per heavy atom. The van der Waals surface area contributed by atoms with Gasteiger partial charge in [-0.3, -0.25) is 14.7 Å². The van der Waals surface area contributed by atoms with Crippen molar-refractivity contribution >= 4 is 38.0 Å². The van der Waals surface area contributed by atoms with Gasteiger partial charge in [-0.05, 0) is 0 Å². The van der Waals surface area contributed by atoms with Crippen LogP contribution in [0.1, 0.15) is 0 Å². The molecule has 0 saturated heterocycles. The fourth-order valence-electron chi connectivity index (χ4n) is 2.42. The predicted molar refractivity (Wildman–Crippen MR) is 141 cm³/mol. The van der Waals surface area contributed by atoms with E-state index in [0.717, 1.165) is 0 Å². The highest BCUT2D eigenvalue weighted by atomic mass is 31.2. The summed E-state index contributed by atoms with van der Waals surface area (Å²) in [6.45, 7) is -2.82. The summed E-state index contributed by atoms with van der Waals surface area (Å²) in [5, 5.41) is 0. The van der Waals surface area contributed by atoms with E-state index in [-0.39, 0.29) is 55.4 Å². The Balaban J connectivity index is -0.000000133. The van der Waals surface area contributed by atoms with E-state index >= 15 is 0 Å². The molecule has 27 nitrogen and oxygen atoms in total. The topological polar surface area (TPSA) is 654 Å². The standard InChI is InChI=1S/C9H28N3O15P5.9H3N/c13-28(14,15)5-10(1-3-11(6-29(16,17)18)7-30(19,20)21)2-4-12(8-31(22,23)24)9-32(25,26)27;;;;;;;;;/h1-9H2,(H2,13,14,15)(H2,16,17,18)(H2,19,20,21)(H2,22,23,24)(H2,25,26,27);9*1H3/p-1. The van der Waals surface area contributed by atoms with Crippen molar-refractivity contribution in [1.82, 2.24) is 70.1 Å². The molecule has 0 unspecified atom stereocenters. The smallest absolute Gasteiger partial charge is 0.0264 e. The average molecular weight is 725 g/mol. The van der Waals surface area contributed by atoms with Gasteiger partial charge < -0.3 is 127 Å². The first-order valence-corrected chi connectivity index (χ1v) is 16.8. The zero-order valence-corrected chi connectivity index (χ0v) is 29.5. The van der Waals surface area contributed by atoms with E-state index in [1.54, 1.807) is 0 Å². The predicted octanol–water partition coefficient (Wildman–Crippen LogP) is -5.37. The third-order valence-corrected chi connectivity index (χ3v) is 7.06. The monoisotopic (exact) mass is 725 g/mol. The number of hydrogen-bond acceptors (Lipinski definition) is 18. The second-order valence-corrected chi connectivity index (χ2v) is 14.2. The van der Waals surface area contributed by atoms with Crippen molar-refractivity contribution in [2.75, 3.05) is 57.6 Å². The zero-order valence-electron chi connectivity index (χ0n) is 25.1. The van der Waals surface area contributed by atoms with Gasteiger partial charge in [-0.15, -0.1) is 0 Å². The Morgan fingerprint density at radius 3 is 0.561 bits per heavy atom. The molecule has 0 amide bonds. The van der Waals surface area contributed by atoms with Crippen LogP contribution >= 0.6 is 38.0 Å². The molecular weight excluding hydrogens is 671 g/mol. The molecule has 36 N–H and O–H groups in total. The van der Waals surface area contributed by atoms with Crippen molar-refractivity contribution in [3.05, 3.63) is 0 Å². The van der Waals surface area contributed by atoms with Crippen LogP contribution in [0.3, 0.4) is 0 Å². The third kappa shape index (κ3) is 47.4. The van der Waals surface area contributed by atoms with E-state index in [9.17, 15) is 71.8 Å². The number of quaternary nitrogens is 9. The molecule has 0 aromatic carbocycles. The number of hydrogen-bond donors (Lipinski definition) is 9. The summed E-state index contributed by atoms with van der Waals surface area (Å²) in [6, 6.07) is 0. The van der Waals surface area contributed by atoms with Crippen LogP contribution in [-0.4, -0.2) is 72.3 Å². The molecule has 0 fully saturated rings. The van der Waals surface area contributed by atoms with E-state index in [2.05, 4.69) is 0 Å². The SMILES string of the molecule is O=P([O-])([O-])CN(CCN(CP(=O)([O-])[O-])CP(=O)([O-])[O-])CCN(CP(=O)([O-])[O-])CP(=O)([O-])[O-].[NH4+].[NH4+].[NH4+].[NH4+].[NH4+].[NH4+].[NH4+].[NH4+].[NH4+]. The molecule has 0 aliphatic carbocycles. The second-order valence-electron chi connectivity index (χ2n) is 6.67. The first-order valence-electron chi connectivity index (χ1n) is 8.17. The van der Waals surface area contributed by atoms with Crippen molar-refractivity contribution in [3.63, 3.8) is 0 Å². The fraction of sp³-hybridized carbons (Fsp3) is 1.00. The van der Waals surface area contributed by atoms with Crippen LogP contribution in [-0.2, 0) is 22.8 Å². The van der Waals surface area contributed by atoms with Crippen molar-refractivity contribution in [2.45, 2.75) is 0 Å². The Kier molecular flexibility index (Phi) is 44.5. The lowest BCUT2D eigenvalue weighted by atomic mass is 10.4. The maximum Gasteiger partial charge on any atom is 0.0264 e. The summed E-state index contributed by atoms with van der Waals surface area (Å²) in [6.07, 6.45) is -7.03. The lowest BCUT2D eigenvalue weighted by molar-refractivity contribution is -0.321. The van der Waals surface area contributed by atoms with Crippen LogP contribution in [0.15, 0.2) is 0 Å². The normalized spacial score (nSPS) is 11.4.